The zero-order chi connectivity index (χ0) is 22.5. The molecule has 166 valence electrons. The Kier molecular flexibility index (Phi) is 6.44. The highest BCUT2D eigenvalue weighted by molar-refractivity contribution is 5.96. The van der Waals surface area contributed by atoms with Crippen molar-refractivity contribution >= 4 is 28.6 Å². The lowest BCUT2D eigenvalue weighted by Crippen LogP contribution is -2.38. The van der Waals surface area contributed by atoms with Gasteiger partial charge in [0.15, 0.2) is 5.96 Å². The SMILES string of the molecule is Cc1ccc2nc(C(=O)NCc3ccccn3)nc(NC3CCCCC3N=C(N)N)c2c1. The van der Waals surface area contributed by atoms with E-state index in [-0.39, 0.29) is 29.8 Å². The molecule has 1 saturated carbocycles. The van der Waals surface area contributed by atoms with E-state index in [1.165, 1.54) is 0 Å². The summed E-state index contributed by atoms with van der Waals surface area (Å²) in [6.45, 7) is 2.31. The van der Waals surface area contributed by atoms with E-state index in [9.17, 15) is 4.79 Å². The number of anilines is 1. The molecule has 3 aromatic rings. The first-order valence-electron chi connectivity index (χ1n) is 10.8. The van der Waals surface area contributed by atoms with E-state index in [0.29, 0.717) is 17.9 Å². The molecule has 1 fully saturated rings. The minimum atomic E-state index is -0.356. The predicted molar refractivity (Wildman–Crippen MR) is 125 cm³/mol. The van der Waals surface area contributed by atoms with Crippen molar-refractivity contribution in [3.63, 3.8) is 0 Å². The molecule has 32 heavy (non-hydrogen) atoms. The van der Waals surface area contributed by atoms with Gasteiger partial charge in [0.05, 0.1) is 29.8 Å². The van der Waals surface area contributed by atoms with Crippen LogP contribution in [0.4, 0.5) is 5.82 Å². The molecule has 0 saturated heterocycles. The molecule has 9 nitrogen and oxygen atoms in total. The number of benzene rings is 1. The van der Waals surface area contributed by atoms with Gasteiger partial charge in [0.2, 0.25) is 5.82 Å². The monoisotopic (exact) mass is 432 g/mol. The standard InChI is InChI=1S/C23H28N8O/c1-14-9-10-17-16(12-14)20(29-18-7-2-3-8-19(18)30-23(24)25)31-21(28-17)22(32)27-13-15-6-4-5-11-26-15/h4-6,9-12,18-19H,2-3,7-8,13H2,1H3,(H,27,32)(H4,24,25,30)(H,28,29,31). The first-order valence-corrected chi connectivity index (χ1v) is 10.8. The van der Waals surface area contributed by atoms with Gasteiger partial charge in [-0.3, -0.25) is 9.78 Å². The van der Waals surface area contributed by atoms with Crippen molar-refractivity contribution in [3.8, 4) is 0 Å². The molecule has 9 heteroatoms. The quantitative estimate of drug-likeness (QED) is 0.345. The number of carbonyl (C=O) groups excluding carboxylic acids is 1. The van der Waals surface area contributed by atoms with E-state index in [1.807, 2.05) is 43.3 Å². The highest BCUT2D eigenvalue weighted by Crippen LogP contribution is 2.28. The number of aromatic nitrogens is 3. The van der Waals surface area contributed by atoms with Crippen LogP contribution in [-0.2, 0) is 6.54 Å². The number of carbonyl (C=O) groups is 1. The Balaban J connectivity index is 1.63. The molecule has 1 amide bonds. The molecule has 1 aliphatic rings. The number of nitrogens with two attached hydrogens (primary N) is 2. The van der Waals surface area contributed by atoms with Crippen molar-refractivity contribution in [2.45, 2.75) is 51.2 Å². The summed E-state index contributed by atoms with van der Waals surface area (Å²) in [4.78, 5) is 30.6. The van der Waals surface area contributed by atoms with Gasteiger partial charge in [-0.25, -0.2) is 15.0 Å². The van der Waals surface area contributed by atoms with Crippen molar-refractivity contribution in [1.82, 2.24) is 20.3 Å². The van der Waals surface area contributed by atoms with E-state index in [1.54, 1.807) is 6.20 Å². The zero-order valence-electron chi connectivity index (χ0n) is 18.1. The van der Waals surface area contributed by atoms with Gasteiger partial charge in [0.1, 0.15) is 5.82 Å². The van der Waals surface area contributed by atoms with Gasteiger partial charge in [-0.2, -0.15) is 0 Å². The number of aliphatic imine (C=N–C) groups is 1. The summed E-state index contributed by atoms with van der Waals surface area (Å²) in [5.41, 5.74) is 13.8. The number of hydrogen-bond donors (Lipinski definition) is 4. The van der Waals surface area contributed by atoms with E-state index in [0.717, 1.165) is 42.3 Å². The number of pyridine rings is 1. The molecule has 4 rings (SSSR count). The fourth-order valence-electron chi connectivity index (χ4n) is 4.01. The van der Waals surface area contributed by atoms with Gasteiger partial charge >= 0.3 is 0 Å². The maximum Gasteiger partial charge on any atom is 0.289 e. The smallest absolute Gasteiger partial charge is 0.289 e. The lowest BCUT2D eigenvalue weighted by molar-refractivity contribution is 0.0940. The maximum atomic E-state index is 12.8. The molecule has 0 bridgehead atoms. The summed E-state index contributed by atoms with van der Waals surface area (Å²) in [5.74, 6) is 0.450. The van der Waals surface area contributed by atoms with E-state index in [4.69, 9.17) is 11.5 Å². The molecule has 0 spiro atoms. The number of rotatable bonds is 6. The normalized spacial score (nSPS) is 18.2. The Morgan fingerprint density at radius 2 is 2.00 bits per heavy atom. The summed E-state index contributed by atoms with van der Waals surface area (Å²) in [6, 6.07) is 11.4. The van der Waals surface area contributed by atoms with Crippen molar-refractivity contribution in [3.05, 3.63) is 59.7 Å². The number of aryl methyl sites for hydroxylation is 1. The summed E-state index contributed by atoms with van der Waals surface area (Å²) >= 11 is 0. The average Bonchev–Trinajstić information content (AvgIpc) is 2.79. The second-order valence-corrected chi connectivity index (χ2v) is 8.08. The van der Waals surface area contributed by atoms with Crippen LogP contribution in [0.1, 0.15) is 47.6 Å². The van der Waals surface area contributed by atoms with Crippen LogP contribution < -0.4 is 22.1 Å². The molecule has 0 aliphatic heterocycles. The van der Waals surface area contributed by atoms with E-state index < -0.39 is 0 Å². The first kappa shape index (κ1) is 21.5. The first-order chi connectivity index (χ1) is 15.5. The summed E-state index contributed by atoms with van der Waals surface area (Å²) in [6.07, 6.45) is 5.66. The van der Waals surface area contributed by atoms with Crippen molar-refractivity contribution < 1.29 is 4.79 Å². The van der Waals surface area contributed by atoms with Crippen LogP contribution in [0.2, 0.25) is 0 Å². The Labute approximate surface area is 186 Å². The van der Waals surface area contributed by atoms with Crippen LogP contribution in [0, 0.1) is 6.92 Å². The second kappa shape index (κ2) is 9.59. The van der Waals surface area contributed by atoms with Crippen molar-refractivity contribution in [2.75, 3.05) is 5.32 Å². The topological polar surface area (TPSA) is 144 Å². The number of fused-ring (bicyclic) bond motifs is 1. The Bertz CT molecular complexity index is 1130. The third kappa shape index (κ3) is 5.11. The highest BCUT2D eigenvalue weighted by Gasteiger charge is 2.26. The molecule has 6 N–H and O–H groups in total. The number of nitrogens with zero attached hydrogens (tertiary/aromatic N) is 4. The molecule has 1 aliphatic carbocycles. The van der Waals surface area contributed by atoms with Crippen LogP contribution in [0.25, 0.3) is 10.9 Å². The number of guanidine groups is 1. The van der Waals surface area contributed by atoms with Gasteiger partial charge < -0.3 is 22.1 Å². The molecule has 2 heterocycles. The van der Waals surface area contributed by atoms with Crippen molar-refractivity contribution in [1.29, 1.82) is 0 Å². The van der Waals surface area contributed by atoms with Crippen LogP contribution >= 0.6 is 0 Å². The van der Waals surface area contributed by atoms with Gasteiger partial charge in [0.25, 0.3) is 5.91 Å². The number of amides is 1. The van der Waals surface area contributed by atoms with Gasteiger partial charge in [-0.05, 0) is 44.0 Å². The minimum absolute atomic E-state index is 0.0221. The zero-order valence-corrected chi connectivity index (χ0v) is 18.1. The van der Waals surface area contributed by atoms with Gasteiger partial charge in [0, 0.05) is 11.6 Å². The van der Waals surface area contributed by atoms with Crippen molar-refractivity contribution in [2.24, 2.45) is 16.5 Å². The number of nitrogens with one attached hydrogen (secondary N) is 2. The minimum Gasteiger partial charge on any atom is -0.370 e. The van der Waals surface area contributed by atoms with Gasteiger partial charge in [-0.1, -0.05) is 30.5 Å². The molecular weight excluding hydrogens is 404 g/mol. The highest BCUT2D eigenvalue weighted by atomic mass is 16.2. The second-order valence-electron chi connectivity index (χ2n) is 8.08. The van der Waals surface area contributed by atoms with Crippen LogP contribution in [-0.4, -0.2) is 38.9 Å². The third-order valence-corrected chi connectivity index (χ3v) is 5.58. The summed E-state index contributed by atoms with van der Waals surface area (Å²) in [7, 11) is 0. The Morgan fingerprint density at radius 3 is 2.78 bits per heavy atom. The summed E-state index contributed by atoms with van der Waals surface area (Å²) in [5, 5.41) is 7.22. The largest absolute Gasteiger partial charge is 0.370 e. The fraction of sp³-hybridized carbons (Fsp3) is 0.348. The molecule has 2 aromatic heterocycles. The molecular formula is C23H28N8O. The van der Waals surface area contributed by atoms with Crippen LogP contribution in [0.15, 0.2) is 47.6 Å². The molecule has 1 aromatic carbocycles. The molecule has 2 unspecified atom stereocenters. The Morgan fingerprint density at radius 1 is 1.16 bits per heavy atom. The maximum absolute atomic E-state index is 12.8. The van der Waals surface area contributed by atoms with E-state index in [2.05, 4.69) is 30.6 Å². The van der Waals surface area contributed by atoms with Crippen LogP contribution in [0.5, 0.6) is 0 Å². The Hall–Kier alpha value is -3.75. The average molecular weight is 433 g/mol. The van der Waals surface area contributed by atoms with Crippen LogP contribution in [0.3, 0.4) is 0 Å². The molecule has 2 atom stereocenters. The van der Waals surface area contributed by atoms with E-state index >= 15 is 0 Å². The summed E-state index contributed by atoms with van der Waals surface area (Å²) < 4.78 is 0. The molecule has 0 radical (unpaired) electrons. The lowest BCUT2D eigenvalue weighted by Gasteiger charge is -2.30. The predicted octanol–water partition coefficient (Wildman–Crippen LogP) is 2.26. The lowest BCUT2D eigenvalue weighted by atomic mass is 9.90. The van der Waals surface area contributed by atoms with Gasteiger partial charge in [-0.15, -0.1) is 0 Å². The third-order valence-electron chi connectivity index (χ3n) is 5.58. The fourth-order valence-corrected chi connectivity index (χ4v) is 4.01. The number of hydrogen-bond acceptors (Lipinski definition) is 6.